The van der Waals surface area contributed by atoms with E-state index >= 15 is 0 Å². The monoisotopic (exact) mass is 368 g/mol. The molecule has 6 heteroatoms. The summed E-state index contributed by atoms with van der Waals surface area (Å²) in [6.07, 6.45) is 3.71. The molecule has 27 heavy (non-hydrogen) atoms. The SMILES string of the molecule is CC1(C)Cc2[nH]ncc2CN(C(=O)NC(c2ccccc2)C2CCOC2)C1. The van der Waals surface area contributed by atoms with Gasteiger partial charge in [0.25, 0.3) is 0 Å². The molecular formula is C21H28N4O2. The van der Waals surface area contributed by atoms with Gasteiger partial charge in [-0.2, -0.15) is 5.10 Å². The summed E-state index contributed by atoms with van der Waals surface area (Å²) >= 11 is 0. The maximum Gasteiger partial charge on any atom is 0.318 e. The van der Waals surface area contributed by atoms with E-state index in [0.717, 1.165) is 36.3 Å². The average Bonchev–Trinajstić information content (AvgIpc) is 3.29. The summed E-state index contributed by atoms with van der Waals surface area (Å²) in [6, 6.07) is 10.2. The molecule has 2 atom stereocenters. The standard InChI is InChI=1S/C21H28N4O2/c1-21(2)10-18-17(11-22-24-18)12-25(14-21)20(26)23-19(16-8-9-27-13-16)15-6-4-3-5-7-15/h3-7,11,16,19H,8-10,12-14H2,1-2H3,(H,22,24)(H,23,26). The molecule has 2 N–H and O–H groups in total. The van der Waals surface area contributed by atoms with Gasteiger partial charge in [0, 0.05) is 30.3 Å². The molecule has 1 saturated heterocycles. The number of amides is 2. The van der Waals surface area contributed by atoms with Crippen molar-refractivity contribution in [2.24, 2.45) is 11.3 Å². The second kappa shape index (κ2) is 7.35. The van der Waals surface area contributed by atoms with Gasteiger partial charge in [0.1, 0.15) is 0 Å². The van der Waals surface area contributed by atoms with Gasteiger partial charge in [0.15, 0.2) is 0 Å². The zero-order valence-corrected chi connectivity index (χ0v) is 16.1. The topological polar surface area (TPSA) is 70.2 Å². The molecule has 1 fully saturated rings. The lowest BCUT2D eigenvalue weighted by molar-refractivity contribution is 0.154. The van der Waals surface area contributed by atoms with Crippen LogP contribution in [0.15, 0.2) is 36.5 Å². The Morgan fingerprint density at radius 3 is 2.93 bits per heavy atom. The van der Waals surface area contributed by atoms with Crippen molar-refractivity contribution in [3.63, 3.8) is 0 Å². The number of nitrogens with one attached hydrogen (secondary N) is 2. The molecule has 2 aromatic rings. The third-order valence-electron chi connectivity index (χ3n) is 5.60. The highest BCUT2D eigenvalue weighted by Gasteiger charge is 2.34. The van der Waals surface area contributed by atoms with Crippen LogP contribution in [0.25, 0.3) is 0 Å². The minimum Gasteiger partial charge on any atom is -0.381 e. The van der Waals surface area contributed by atoms with Crippen LogP contribution >= 0.6 is 0 Å². The molecule has 2 unspecified atom stereocenters. The molecule has 2 aliphatic rings. The van der Waals surface area contributed by atoms with Crippen LogP contribution in [0.5, 0.6) is 0 Å². The van der Waals surface area contributed by atoms with E-state index in [1.165, 1.54) is 0 Å². The average molecular weight is 368 g/mol. The maximum atomic E-state index is 13.3. The van der Waals surface area contributed by atoms with Gasteiger partial charge in [-0.1, -0.05) is 44.2 Å². The van der Waals surface area contributed by atoms with Crippen molar-refractivity contribution < 1.29 is 9.53 Å². The van der Waals surface area contributed by atoms with Crippen molar-refractivity contribution in [1.29, 1.82) is 0 Å². The normalized spacial score (nSPS) is 22.7. The summed E-state index contributed by atoms with van der Waals surface area (Å²) < 4.78 is 5.60. The van der Waals surface area contributed by atoms with Gasteiger partial charge in [-0.05, 0) is 23.8 Å². The highest BCUT2D eigenvalue weighted by molar-refractivity contribution is 5.75. The highest BCUT2D eigenvalue weighted by atomic mass is 16.5. The third kappa shape index (κ3) is 4.00. The summed E-state index contributed by atoms with van der Waals surface area (Å²) in [4.78, 5) is 15.2. The molecule has 3 heterocycles. The Hall–Kier alpha value is -2.34. The molecule has 0 bridgehead atoms. The van der Waals surface area contributed by atoms with Gasteiger partial charge in [-0.25, -0.2) is 4.79 Å². The summed E-state index contributed by atoms with van der Waals surface area (Å²) in [5.74, 6) is 0.306. The van der Waals surface area contributed by atoms with Crippen molar-refractivity contribution in [1.82, 2.24) is 20.4 Å². The number of urea groups is 1. The van der Waals surface area contributed by atoms with Crippen LogP contribution in [-0.4, -0.2) is 40.9 Å². The number of aromatic amines is 1. The lowest BCUT2D eigenvalue weighted by Gasteiger charge is -2.32. The van der Waals surface area contributed by atoms with Crippen molar-refractivity contribution in [2.45, 2.75) is 39.3 Å². The molecule has 1 aromatic carbocycles. The number of rotatable bonds is 3. The van der Waals surface area contributed by atoms with Crippen LogP contribution < -0.4 is 5.32 Å². The predicted octanol–water partition coefficient (Wildman–Crippen LogP) is 3.28. The number of carbonyl (C=O) groups excluding carboxylic acids is 1. The van der Waals surface area contributed by atoms with Crippen molar-refractivity contribution in [3.05, 3.63) is 53.3 Å². The van der Waals surface area contributed by atoms with E-state index in [2.05, 4.69) is 41.5 Å². The Balaban J connectivity index is 1.55. The van der Waals surface area contributed by atoms with Gasteiger partial charge in [-0.15, -0.1) is 0 Å². The number of carbonyl (C=O) groups is 1. The second-order valence-corrected chi connectivity index (χ2v) is 8.53. The molecule has 1 aromatic heterocycles. The van der Waals surface area contributed by atoms with E-state index in [1.807, 2.05) is 29.3 Å². The molecule has 2 amide bonds. The minimum atomic E-state index is -0.0311. The summed E-state index contributed by atoms with van der Waals surface area (Å²) in [7, 11) is 0. The zero-order chi connectivity index (χ0) is 18.9. The molecule has 144 valence electrons. The molecule has 0 aliphatic carbocycles. The quantitative estimate of drug-likeness (QED) is 0.873. The van der Waals surface area contributed by atoms with Crippen LogP contribution in [0.3, 0.4) is 0 Å². The molecule has 0 radical (unpaired) electrons. The first-order chi connectivity index (χ1) is 13.0. The number of hydrogen-bond acceptors (Lipinski definition) is 3. The Bertz CT molecular complexity index is 780. The fraction of sp³-hybridized carbons (Fsp3) is 0.524. The number of ether oxygens (including phenoxy) is 1. The van der Waals surface area contributed by atoms with Crippen LogP contribution in [0.1, 0.15) is 43.1 Å². The summed E-state index contributed by atoms with van der Waals surface area (Å²) in [5, 5.41) is 10.6. The fourth-order valence-corrected chi connectivity index (χ4v) is 4.26. The number of hydrogen-bond donors (Lipinski definition) is 2. The van der Waals surface area contributed by atoms with E-state index in [9.17, 15) is 4.79 Å². The Morgan fingerprint density at radius 2 is 2.19 bits per heavy atom. The first-order valence-corrected chi connectivity index (χ1v) is 9.71. The van der Waals surface area contributed by atoms with Gasteiger partial charge in [0.2, 0.25) is 0 Å². The van der Waals surface area contributed by atoms with Gasteiger partial charge < -0.3 is 15.0 Å². The highest BCUT2D eigenvalue weighted by Crippen LogP contribution is 2.31. The fourth-order valence-electron chi connectivity index (χ4n) is 4.26. The second-order valence-electron chi connectivity index (χ2n) is 8.53. The Kier molecular flexibility index (Phi) is 4.91. The van der Waals surface area contributed by atoms with Crippen molar-refractivity contribution >= 4 is 6.03 Å². The maximum absolute atomic E-state index is 13.3. The Labute approximate surface area is 160 Å². The van der Waals surface area contributed by atoms with Crippen LogP contribution in [0.4, 0.5) is 4.79 Å². The number of aromatic nitrogens is 2. The van der Waals surface area contributed by atoms with E-state index < -0.39 is 0 Å². The number of H-pyrrole nitrogens is 1. The van der Waals surface area contributed by atoms with E-state index in [-0.39, 0.29) is 17.5 Å². The smallest absolute Gasteiger partial charge is 0.318 e. The summed E-state index contributed by atoms with van der Waals surface area (Å²) in [6.45, 7) is 7.15. The number of fused-ring (bicyclic) bond motifs is 1. The lowest BCUT2D eigenvalue weighted by Crippen LogP contribution is -2.46. The minimum absolute atomic E-state index is 0.00611. The van der Waals surface area contributed by atoms with Gasteiger partial charge >= 0.3 is 6.03 Å². The van der Waals surface area contributed by atoms with Gasteiger partial charge in [-0.3, -0.25) is 5.10 Å². The largest absolute Gasteiger partial charge is 0.381 e. The first kappa shape index (κ1) is 18.0. The van der Waals surface area contributed by atoms with Crippen LogP contribution in [0, 0.1) is 11.3 Å². The molecule has 0 spiro atoms. The summed E-state index contributed by atoms with van der Waals surface area (Å²) in [5.41, 5.74) is 3.38. The number of nitrogens with zero attached hydrogens (tertiary/aromatic N) is 2. The molecular weight excluding hydrogens is 340 g/mol. The van der Waals surface area contributed by atoms with E-state index in [1.54, 1.807) is 0 Å². The molecule has 0 saturated carbocycles. The Morgan fingerprint density at radius 1 is 1.37 bits per heavy atom. The van der Waals surface area contributed by atoms with E-state index in [0.29, 0.717) is 25.6 Å². The van der Waals surface area contributed by atoms with E-state index in [4.69, 9.17) is 4.74 Å². The number of benzene rings is 1. The van der Waals surface area contributed by atoms with Gasteiger partial charge in [0.05, 0.1) is 25.4 Å². The third-order valence-corrected chi connectivity index (χ3v) is 5.60. The van der Waals surface area contributed by atoms with Crippen LogP contribution in [-0.2, 0) is 17.7 Å². The molecule has 2 aliphatic heterocycles. The first-order valence-electron chi connectivity index (χ1n) is 9.71. The lowest BCUT2D eigenvalue weighted by atomic mass is 9.88. The van der Waals surface area contributed by atoms with Crippen molar-refractivity contribution in [2.75, 3.05) is 19.8 Å². The molecule has 4 rings (SSSR count). The van der Waals surface area contributed by atoms with Crippen LogP contribution in [0.2, 0.25) is 0 Å². The predicted molar refractivity (Wildman–Crippen MR) is 103 cm³/mol. The van der Waals surface area contributed by atoms with Crippen molar-refractivity contribution in [3.8, 4) is 0 Å². The zero-order valence-electron chi connectivity index (χ0n) is 16.1. The molecule has 6 nitrogen and oxygen atoms in total.